The van der Waals surface area contributed by atoms with E-state index in [9.17, 15) is 9.18 Å². The van der Waals surface area contributed by atoms with Gasteiger partial charge in [-0.25, -0.2) is 4.39 Å². The molecule has 0 unspecified atom stereocenters. The first-order valence-electron chi connectivity index (χ1n) is 5.34. The summed E-state index contributed by atoms with van der Waals surface area (Å²) >= 11 is 5.69. The number of carbonyl (C=O) groups is 1. The van der Waals surface area contributed by atoms with Crippen molar-refractivity contribution in [3.63, 3.8) is 0 Å². The van der Waals surface area contributed by atoms with Gasteiger partial charge in [-0.1, -0.05) is 11.6 Å². The molecule has 0 aliphatic heterocycles. The molecule has 0 aromatic heterocycles. The smallest absolute Gasteiger partial charge is 0.311 e. The summed E-state index contributed by atoms with van der Waals surface area (Å²) in [7, 11) is 1.78. The fourth-order valence-electron chi connectivity index (χ4n) is 1.86. The highest BCUT2D eigenvalue weighted by Crippen LogP contribution is 2.46. The minimum absolute atomic E-state index is 0.0505. The van der Waals surface area contributed by atoms with Gasteiger partial charge < -0.3 is 10.0 Å². The molecule has 1 fully saturated rings. The van der Waals surface area contributed by atoms with E-state index >= 15 is 0 Å². The monoisotopic (exact) mass is 257 g/mol. The molecule has 0 spiro atoms. The summed E-state index contributed by atoms with van der Waals surface area (Å²) in [6.07, 6.45) is 1.39. The van der Waals surface area contributed by atoms with E-state index in [0.29, 0.717) is 19.4 Å². The van der Waals surface area contributed by atoms with Crippen LogP contribution in [0.2, 0.25) is 5.02 Å². The molecule has 1 N–H and O–H groups in total. The van der Waals surface area contributed by atoms with E-state index in [1.54, 1.807) is 18.0 Å². The van der Waals surface area contributed by atoms with Crippen LogP contribution in [0.4, 0.5) is 10.1 Å². The third kappa shape index (κ3) is 2.36. The number of carboxylic acid groups (broad SMARTS) is 1. The maximum Gasteiger partial charge on any atom is 0.311 e. The van der Waals surface area contributed by atoms with Crippen LogP contribution in [0.25, 0.3) is 0 Å². The van der Waals surface area contributed by atoms with Gasteiger partial charge in [-0.3, -0.25) is 4.79 Å². The van der Waals surface area contributed by atoms with Gasteiger partial charge in [0.15, 0.2) is 0 Å². The van der Waals surface area contributed by atoms with Gasteiger partial charge in [0.1, 0.15) is 5.82 Å². The van der Waals surface area contributed by atoms with E-state index in [1.165, 1.54) is 12.1 Å². The second-order valence-electron chi connectivity index (χ2n) is 4.54. The molecule has 1 aliphatic rings. The van der Waals surface area contributed by atoms with Crippen LogP contribution in [0, 0.1) is 11.2 Å². The molecular weight excluding hydrogens is 245 g/mol. The Morgan fingerprint density at radius 3 is 2.71 bits per heavy atom. The zero-order valence-corrected chi connectivity index (χ0v) is 10.2. The molecule has 0 atom stereocenters. The molecule has 1 aromatic rings. The van der Waals surface area contributed by atoms with Crippen LogP contribution in [0.1, 0.15) is 12.8 Å². The lowest BCUT2D eigenvalue weighted by Crippen LogP contribution is -2.31. The summed E-state index contributed by atoms with van der Waals surface area (Å²) in [6.45, 7) is 0.421. The Morgan fingerprint density at radius 1 is 1.59 bits per heavy atom. The van der Waals surface area contributed by atoms with Crippen molar-refractivity contribution in [1.29, 1.82) is 0 Å². The SMILES string of the molecule is CN(CC1(C(=O)O)CC1)c1ccc(F)c(Cl)c1. The quantitative estimate of drug-likeness (QED) is 0.902. The number of hydrogen-bond donors (Lipinski definition) is 1. The molecule has 5 heteroatoms. The van der Waals surface area contributed by atoms with Crippen molar-refractivity contribution in [1.82, 2.24) is 0 Å². The largest absolute Gasteiger partial charge is 0.481 e. The average molecular weight is 258 g/mol. The lowest BCUT2D eigenvalue weighted by molar-refractivity contribution is -0.142. The lowest BCUT2D eigenvalue weighted by atomic mass is 10.1. The first-order chi connectivity index (χ1) is 7.94. The van der Waals surface area contributed by atoms with Crippen molar-refractivity contribution in [3.8, 4) is 0 Å². The molecule has 1 aliphatic carbocycles. The Kier molecular flexibility index (Phi) is 3.00. The van der Waals surface area contributed by atoms with Crippen LogP contribution in [-0.2, 0) is 4.79 Å². The molecular formula is C12H13ClFNO2. The standard InChI is InChI=1S/C12H13ClFNO2/c1-15(7-12(4-5-12)11(16)17)8-2-3-10(14)9(13)6-8/h2-3,6H,4-5,7H2,1H3,(H,16,17). The van der Waals surface area contributed by atoms with Gasteiger partial charge in [-0.05, 0) is 31.0 Å². The second kappa shape index (κ2) is 4.18. The summed E-state index contributed by atoms with van der Waals surface area (Å²) in [6, 6.07) is 4.39. The third-order valence-electron chi connectivity index (χ3n) is 3.19. The lowest BCUT2D eigenvalue weighted by Gasteiger charge is -2.23. The maximum absolute atomic E-state index is 13.0. The third-order valence-corrected chi connectivity index (χ3v) is 3.48. The second-order valence-corrected chi connectivity index (χ2v) is 4.95. The Balaban J connectivity index is 2.12. The Bertz CT molecular complexity index is 460. The van der Waals surface area contributed by atoms with Gasteiger partial charge in [0.2, 0.25) is 0 Å². The summed E-state index contributed by atoms with van der Waals surface area (Å²) in [5.74, 6) is -1.24. The van der Waals surface area contributed by atoms with Gasteiger partial charge in [0, 0.05) is 19.3 Å². The number of anilines is 1. The van der Waals surface area contributed by atoms with E-state index in [0.717, 1.165) is 5.69 Å². The predicted molar refractivity (Wildman–Crippen MR) is 64.0 cm³/mol. The maximum atomic E-state index is 13.0. The Morgan fingerprint density at radius 2 is 2.24 bits per heavy atom. The van der Waals surface area contributed by atoms with E-state index < -0.39 is 17.2 Å². The molecule has 0 amide bonds. The zero-order chi connectivity index (χ0) is 12.6. The van der Waals surface area contributed by atoms with E-state index in [2.05, 4.69) is 0 Å². The van der Waals surface area contributed by atoms with Crippen molar-refractivity contribution >= 4 is 23.3 Å². The number of hydrogen-bond acceptors (Lipinski definition) is 2. The van der Waals surface area contributed by atoms with Crippen LogP contribution >= 0.6 is 11.6 Å². The van der Waals surface area contributed by atoms with Crippen molar-refractivity contribution in [2.24, 2.45) is 5.41 Å². The molecule has 3 nitrogen and oxygen atoms in total. The van der Waals surface area contributed by atoms with Crippen molar-refractivity contribution in [2.45, 2.75) is 12.8 Å². The first-order valence-corrected chi connectivity index (χ1v) is 5.72. The number of benzene rings is 1. The summed E-state index contributed by atoms with van der Waals surface area (Å²) in [5, 5.41) is 9.14. The summed E-state index contributed by atoms with van der Waals surface area (Å²) in [5.41, 5.74) is 0.0965. The highest BCUT2D eigenvalue weighted by molar-refractivity contribution is 6.31. The van der Waals surface area contributed by atoms with Crippen molar-refractivity contribution in [2.75, 3.05) is 18.5 Å². The minimum atomic E-state index is -0.766. The number of nitrogens with zero attached hydrogens (tertiary/aromatic N) is 1. The molecule has 2 rings (SSSR count). The first kappa shape index (κ1) is 12.2. The van der Waals surface area contributed by atoms with Crippen LogP contribution in [0.3, 0.4) is 0 Å². The van der Waals surface area contributed by atoms with Crippen LogP contribution in [0.5, 0.6) is 0 Å². The topological polar surface area (TPSA) is 40.5 Å². The normalized spacial score (nSPS) is 16.6. The van der Waals surface area contributed by atoms with E-state index in [-0.39, 0.29) is 5.02 Å². The van der Waals surface area contributed by atoms with E-state index in [1.807, 2.05) is 0 Å². The zero-order valence-electron chi connectivity index (χ0n) is 9.41. The van der Waals surface area contributed by atoms with E-state index in [4.69, 9.17) is 16.7 Å². The number of halogens is 2. The highest BCUT2D eigenvalue weighted by Gasteiger charge is 2.50. The van der Waals surface area contributed by atoms with Crippen LogP contribution < -0.4 is 4.90 Å². The molecule has 0 saturated heterocycles. The Hall–Kier alpha value is -1.29. The fourth-order valence-corrected chi connectivity index (χ4v) is 2.03. The average Bonchev–Trinajstić information content (AvgIpc) is 3.03. The Labute approximate surface area is 104 Å². The van der Waals surface area contributed by atoms with Gasteiger partial charge in [0.05, 0.1) is 10.4 Å². The molecule has 92 valence electrons. The fraction of sp³-hybridized carbons (Fsp3) is 0.417. The molecule has 0 bridgehead atoms. The predicted octanol–water partition coefficient (Wildman–Crippen LogP) is 2.78. The molecule has 1 saturated carbocycles. The highest BCUT2D eigenvalue weighted by atomic mass is 35.5. The number of carboxylic acids is 1. The number of rotatable bonds is 4. The summed E-state index contributed by atoms with van der Waals surface area (Å²) < 4.78 is 13.0. The molecule has 0 heterocycles. The van der Waals surface area contributed by atoms with Crippen LogP contribution in [0.15, 0.2) is 18.2 Å². The minimum Gasteiger partial charge on any atom is -0.481 e. The van der Waals surface area contributed by atoms with Crippen LogP contribution in [-0.4, -0.2) is 24.7 Å². The molecule has 0 radical (unpaired) electrons. The van der Waals surface area contributed by atoms with Gasteiger partial charge in [-0.15, -0.1) is 0 Å². The van der Waals surface area contributed by atoms with Crippen molar-refractivity contribution in [3.05, 3.63) is 29.0 Å². The van der Waals surface area contributed by atoms with Crippen molar-refractivity contribution < 1.29 is 14.3 Å². The number of aliphatic carboxylic acids is 1. The van der Waals surface area contributed by atoms with Gasteiger partial charge in [-0.2, -0.15) is 0 Å². The van der Waals surface area contributed by atoms with Gasteiger partial charge in [0.25, 0.3) is 0 Å². The molecule has 17 heavy (non-hydrogen) atoms. The van der Waals surface area contributed by atoms with Gasteiger partial charge >= 0.3 is 5.97 Å². The molecule has 1 aromatic carbocycles. The summed E-state index contributed by atoms with van der Waals surface area (Å²) in [4.78, 5) is 12.9.